The number of hydrogen-bond acceptors (Lipinski definition) is 2. The van der Waals surface area contributed by atoms with Crippen LogP contribution in [0.4, 0.5) is 0 Å². The molecule has 0 amide bonds. The van der Waals surface area contributed by atoms with Crippen molar-refractivity contribution in [1.29, 1.82) is 0 Å². The SMILES string of the molecule is CN(C)COC[O]. The standard InChI is InChI=1S/C4H10NO2/c1-5(2)3-7-4-6/h3-4H2,1-2H3. The third-order valence-corrected chi connectivity index (χ3v) is 0.433. The zero-order chi connectivity index (χ0) is 5.70. The van der Waals surface area contributed by atoms with Crippen LogP contribution in [0, 0.1) is 0 Å². The molecule has 3 heteroatoms. The molecule has 0 saturated carbocycles. The van der Waals surface area contributed by atoms with Gasteiger partial charge >= 0.3 is 0 Å². The highest BCUT2D eigenvalue weighted by atomic mass is 16.6. The van der Waals surface area contributed by atoms with Gasteiger partial charge in [-0.05, 0) is 14.1 Å². The minimum atomic E-state index is -0.446. The summed E-state index contributed by atoms with van der Waals surface area (Å²) in [6.45, 7) is -0.0261. The Balaban J connectivity index is 2.68. The molecule has 0 bridgehead atoms. The van der Waals surface area contributed by atoms with Crippen LogP contribution in [0.2, 0.25) is 0 Å². The monoisotopic (exact) mass is 104 g/mol. The van der Waals surface area contributed by atoms with Gasteiger partial charge in [-0.15, -0.1) is 0 Å². The van der Waals surface area contributed by atoms with Crippen LogP contribution in [0.3, 0.4) is 0 Å². The van der Waals surface area contributed by atoms with Crippen molar-refractivity contribution in [2.45, 2.75) is 0 Å². The van der Waals surface area contributed by atoms with Crippen molar-refractivity contribution in [2.24, 2.45) is 0 Å². The average molecular weight is 104 g/mol. The predicted molar refractivity (Wildman–Crippen MR) is 25.2 cm³/mol. The first-order valence-electron chi connectivity index (χ1n) is 2.08. The van der Waals surface area contributed by atoms with E-state index in [9.17, 15) is 5.11 Å². The highest BCUT2D eigenvalue weighted by molar-refractivity contribution is 4.21. The Morgan fingerprint density at radius 3 is 2.29 bits per heavy atom. The summed E-state index contributed by atoms with van der Waals surface area (Å²) in [6, 6.07) is 0. The Labute approximate surface area is 43.5 Å². The summed E-state index contributed by atoms with van der Waals surface area (Å²) >= 11 is 0. The zero-order valence-corrected chi connectivity index (χ0v) is 4.68. The second kappa shape index (κ2) is 4.05. The molecular weight excluding hydrogens is 94.0 g/mol. The lowest BCUT2D eigenvalue weighted by Gasteiger charge is -2.05. The third kappa shape index (κ3) is 5.88. The minimum Gasteiger partial charge on any atom is -0.337 e. The van der Waals surface area contributed by atoms with Gasteiger partial charge in [-0.3, -0.25) is 4.90 Å². The Kier molecular flexibility index (Phi) is 3.98. The second-order valence-electron chi connectivity index (χ2n) is 1.53. The van der Waals surface area contributed by atoms with Gasteiger partial charge in [0.05, 0.1) is 0 Å². The summed E-state index contributed by atoms with van der Waals surface area (Å²) < 4.78 is 4.47. The minimum absolute atomic E-state index is 0.420. The van der Waals surface area contributed by atoms with E-state index in [1.165, 1.54) is 0 Å². The average Bonchev–Trinajstić information content (AvgIpc) is 1.61. The molecule has 1 radical (unpaired) electrons. The lowest BCUT2D eigenvalue weighted by Crippen LogP contribution is -2.15. The fraction of sp³-hybridized carbons (Fsp3) is 1.00. The molecule has 0 aliphatic heterocycles. The number of hydrogen-bond donors (Lipinski definition) is 0. The van der Waals surface area contributed by atoms with Gasteiger partial charge in [0.15, 0.2) is 6.79 Å². The van der Waals surface area contributed by atoms with Gasteiger partial charge in [-0.2, -0.15) is 0 Å². The van der Waals surface area contributed by atoms with Crippen molar-refractivity contribution in [3.63, 3.8) is 0 Å². The van der Waals surface area contributed by atoms with Crippen molar-refractivity contribution < 1.29 is 9.84 Å². The Morgan fingerprint density at radius 2 is 2.14 bits per heavy atom. The third-order valence-electron chi connectivity index (χ3n) is 0.433. The summed E-state index contributed by atoms with van der Waals surface area (Å²) in [4.78, 5) is 1.79. The number of nitrogens with zero attached hydrogens (tertiary/aromatic N) is 1. The van der Waals surface area contributed by atoms with E-state index in [1.54, 1.807) is 4.90 Å². The summed E-state index contributed by atoms with van der Waals surface area (Å²) in [7, 11) is 3.69. The molecule has 0 rings (SSSR count). The first-order valence-corrected chi connectivity index (χ1v) is 2.08. The molecule has 0 unspecified atom stereocenters. The Morgan fingerprint density at radius 1 is 1.57 bits per heavy atom. The van der Waals surface area contributed by atoms with E-state index in [0.717, 1.165) is 0 Å². The largest absolute Gasteiger partial charge is 0.337 e. The van der Waals surface area contributed by atoms with Crippen LogP contribution in [0.1, 0.15) is 0 Å². The quantitative estimate of drug-likeness (QED) is 0.469. The van der Waals surface area contributed by atoms with Crippen LogP contribution in [0.5, 0.6) is 0 Å². The highest BCUT2D eigenvalue weighted by Crippen LogP contribution is 1.73. The maximum Gasteiger partial charge on any atom is 0.182 e. The van der Waals surface area contributed by atoms with Gasteiger partial charge < -0.3 is 4.74 Å². The van der Waals surface area contributed by atoms with E-state index in [-0.39, 0.29) is 0 Å². The van der Waals surface area contributed by atoms with Crippen molar-refractivity contribution in [1.82, 2.24) is 4.90 Å². The molecule has 0 aromatic carbocycles. The lowest BCUT2D eigenvalue weighted by molar-refractivity contribution is -0.0743. The topological polar surface area (TPSA) is 32.4 Å². The van der Waals surface area contributed by atoms with Gasteiger partial charge in [0.1, 0.15) is 6.73 Å². The van der Waals surface area contributed by atoms with Gasteiger partial charge in [-0.1, -0.05) is 0 Å². The lowest BCUT2D eigenvalue weighted by atomic mass is 10.9. The van der Waals surface area contributed by atoms with Crippen molar-refractivity contribution in [2.75, 3.05) is 27.6 Å². The number of ether oxygens (including phenoxy) is 1. The molecule has 0 heterocycles. The van der Waals surface area contributed by atoms with Crippen LogP contribution in [-0.4, -0.2) is 32.5 Å². The summed E-state index contributed by atoms with van der Waals surface area (Å²) in [6.07, 6.45) is 0. The molecule has 0 aliphatic rings. The van der Waals surface area contributed by atoms with E-state index in [4.69, 9.17) is 0 Å². The first kappa shape index (κ1) is 6.88. The van der Waals surface area contributed by atoms with Crippen LogP contribution in [0.25, 0.3) is 0 Å². The highest BCUT2D eigenvalue weighted by Gasteiger charge is 1.84. The maximum absolute atomic E-state index is 9.59. The van der Waals surface area contributed by atoms with E-state index in [2.05, 4.69) is 4.74 Å². The zero-order valence-electron chi connectivity index (χ0n) is 4.68. The molecule has 0 fully saturated rings. The summed E-state index contributed by atoms with van der Waals surface area (Å²) in [5, 5.41) is 9.59. The molecule has 0 spiro atoms. The summed E-state index contributed by atoms with van der Waals surface area (Å²) in [5.41, 5.74) is 0. The normalized spacial score (nSPS) is 10.3. The molecule has 0 N–H and O–H groups in total. The molecule has 43 valence electrons. The number of rotatable bonds is 3. The molecule has 0 atom stereocenters. The molecule has 0 aromatic heterocycles. The summed E-state index contributed by atoms with van der Waals surface area (Å²) in [5.74, 6) is 0. The molecule has 7 heavy (non-hydrogen) atoms. The maximum atomic E-state index is 9.59. The van der Waals surface area contributed by atoms with E-state index in [1.807, 2.05) is 14.1 Å². The van der Waals surface area contributed by atoms with Gasteiger partial charge in [0, 0.05) is 0 Å². The van der Waals surface area contributed by atoms with E-state index >= 15 is 0 Å². The van der Waals surface area contributed by atoms with Crippen molar-refractivity contribution in [3.05, 3.63) is 0 Å². The Hall–Kier alpha value is -0.120. The van der Waals surface area contributed by atoms with Gasteiger partial charge in [0.25, 0.3) is 0 Å². The van der Waals surface area contributed by atoms with Crippen LogP contribution < -0.4 is 0 Å². The molecule has 3 nitrogen and oxygen atoms in total. The van der Waals surface area contributed by atoms with E-state index < -0.39 is 6.79 Å². The molecule has 0 aliphatic carbocycles. The van der Waals surface area contributed by atoms with Crippen molar-refractivity contribution in [3.8, 4) is 0 Å². The predicted octanol–water partition coefficient (Wildman–Crippen LogP) is -0.0899. The van der Waals surface area contributed by atoms with Crippen LogP contribution in [0.15, 0.2) is 0 Å². The van der Waals surface area contributed by atoms with Gasteiger partial charge in [-0.25, -0.2) is 5.11 Å². The van der Waals surface area contributed by atoms with E-state index in [0.29, 0.717) is 6.73 Å². The fourth-order valence-electron chi connectivity index (χ4n) is 0.220. The Bertz CT molecular complexity index is 38.7. The van der Waals surface area contributed by atoms with Crippen LogP contribution in [-0.2, 0) is 9.84 Å². The fourth-order valence-corrected chi connectivity index (χ4v) is 0.220. The molecule has 0 saturated heterocycles. The van der Waals surface area contributed by atoms with Gasteiger partial charge in [0.2, 0.25) is 0 Å². The second-order valence-corrected chi connectivity index (χ2v) is 1.53. The molecular formula is C4H10NO2. The van der Waals surface area contributed by atoms with Crippen LogP contribution >= 0.6 is 0 Å². The molecule has 0 aromatic rings. The van der Waals surface area contributed by atoms with Crippen molar-refractivity contribution >= 4 is 0 Å². The first-order chi connectivity index (χ1) is 3.27. The smallest absolute Gasteiger partial charge is 0.182 e.